The zero-order valence-electron chi connectivity index (χ0n) is 14.7. The van der Waals surface area contributed by atoms with Gasteiger partial charge in [-0.25, -0.2) is 4.79 Å². The minimum absolute atomic E-state index is 0.438. The van der Waals surface area contributed by atoms with E-state index in [0.717, 1.165) is 44.2 Å². The second kappa shape index (κ2) is 9.76. The first-order valence-electron chi connectivity index (χ1n) is 8.89. The molecule has 0 bridgehead atoms. The predicted molar refractivity (Wildman–Crippen MR) is 99.8 cm³/mol. The lowest BCUT2D eigenvalue weighted by Gasteiger charge is -2.15. The summed E-state index contributed by atoms with van der Waals surface area (Å²) in [5.41, 5.74) is 3.21. The minimum atomic E-state index is -0.438. The zero-order valence-corrected chi connectivity index (χ0v) is 14.7. The summed E-state index contributed by atoms with van der Waals surface area (Å²) in [4.78, 5) is 12.2. The Kier molecular flexibility index (Phi) is 7.34. The smallest absolute Gasteiger partial charge is 0.410 e. The maximum atomic E-state index is 12.2. The molecule has 2 aromatic rings. The van der Waals surface area contributed by atoms with E-state index in [1.165, 1.54) is 11.1 Å². The van der Waals surface area contributed by atoms with Crippen molar-refractivity contribution in [1.82, 2.24) is 0 Å². The normalized spacial score (nSPS) is 10.4. The van der Waals surface area contributed by atoms with Crippen LogP contribution >= 0.6 is 0 Å². The van der Waals surface area contributed by atoms with E-state index in [1.54, 1.807) is 0 Å². The van der Waals surface area contributed by atoms with Crippen molar-refractivity contribution in [2.75, 3.05) is 5.32 Å². The third-order valence-corrected chi connectivity index (χ3v) is 4.03. The van der Waals surface area contributed by atoms with Crippen LogP contribution < -0.4 is 10.1 Å². The Bertz CT molecular complexity index is 638. The maximum absolute atomic E-state index is 12.2. The molecule has 0 unspecified atom stereocenters. The van der Waals surface area contributed by atoms with E-state index in [4.69, 9.17) is 4.74 Å². The number of benzene rings is 2. The monoisotopic (exact) mass is 325 g/mol. The molecule has 0 atom stereocenters. The molecule has 0 aromatic heterocycles. The largest absolute Gasteiger partial charge is 0.417 e. The average Bonchev–Trinajstić information content (AvgIpc) is 2.60. The molecule has 0 aliphatic carbocycles. The van der Waals surface area contributed by atoms with Gasteiger partial charge in [0, 0.05) is 5.69 Å². The highest BCUT2D eigenvalue weighted by Gasteiger charge is 2.13. The lowest BCUT2D eigenvalue weighted by atomic mass is 9.97. The third-order valence-electron chi connectivity index (χ3n) is 4.03. The fraction of sp³-hybridized carbons (Fsp3) is 0.381. The van der Waals surface area contributed by atoms with Crippen molar-refractivity contribution < 1.29 is 9.53 Å². The highest BCUT2D eigenvalue weighted by atomic mass is 16.6. The van der Waals surface area contributed by atoms with Crippen LogP contribution in [0, 0.1) is 0 Å². The van der Waals surface area contributed by atoms with Crippen molar-refractivity contribution in [3.05, 3.63) is 59.7 Å². The predicted octanol–water partition coefficient (Wildman–Crippen LogP) is 5.98. The molecular weight excluding hydrogens is 298 g/mol. The van der Waals surface area contributed by atoms with Gasteiger partial charge in [0.2, 0.25) is 0 Å². The van der Waals surface area contributed by atoms with Crippen molar-refractivity contribution in [2.24, 2.45) is 0 Å². The van der Waals surface area contributed by atoms with Crippen LogP contribution in [0.2, 0.25) is 0 Å². The maximum Gasteiger partial charge on any atom is 0.417 e. The first-order chi connectivity index (χ1) is 11.7. The van der Waals surface area contributed by atoms with Crippen molar-refractivity contribution in [1.29, 1.82) is 0 Å². The Morgan fingerprint density at radius 1 is 0.917 bits per heavy atom. The van der Waals surface area contributed by atoms with Crippen molar-refractivity contribution >= 4 is 11.8 Å². The van der Waals surface area contributed by atoms with E-state index in [0.29, 0.717) is 5.75 Å². The number of amides is 1. The van der Waals surface area contributed by atoms with Crippen LogP contribution in [0.25, 0.3) is 0 Å². The summed E-state index contributed by atoms with van der Waals surface area (Å²) in [6, 6.07) is 15.4. The van der Waals surface area contributed by atoms with Crippen molar-refractivity contribution in [2.45, 2.75) is 52.4 Å². The molecule has 0 heterocycles. The number of carbonyl (C=O) groups is 1. The van der Waals surface area contributed by atoms with Gasteiger partial charge >= 0.3 is 6.09 Å². The number of anilines is 1. The van der Waals surface area contributed by atoms with Crippen LogP contribution in [0.4, 0.5) is 10.5 Å². The molecule has 1 amide bonds. The number of unbranched alkanes of at least 4 members (excludes halogenated alkanes) is 2. The molecule has 24 heavy (non-hydrogen) atoms. The topological polar surface area (TPSA) is 38.3 Å². The van der Waals surface area contributed by atoms with E-state index < -0.39 is 6.09 Å². The summed E-state index contributed by atoms with van der Waals surface area (Å²) in [5, 5.41) is 2.78. The molecule has 0 saturated heterocycles. The Balaban J connectivity index is 2.13. The first kappa shape index (κ1) is 18.1. The highest BCUT2D eigenvalue weighted by molar-refractivity contribution is 5.86. The molecule has 3 nitrogen and oxygen atoms in total. The molecule has 0 fully saturated rings. The fourth-order valence-corrected chi connectivity index (χ4v) is 2.71. The molecule has 2 rings (SSSR count). The third kappa shape index (κ3) is 5.41. The molecule has 2 aromatic carbocycles. The Hall–Kier alpha value is -2.29. The van der Waals surface area contributed by atoms with Crippen LogP contribution in [0.15, 0.2) is 48.5 Å². The number of ether oxygens (including phenoxy) is 1. The quantitative estimate of drug-likeness (QED) is 0.648. The molecular formula is C21H27NO2. The summed E-state index contributed by atoms with van der Waals surface area (Å²) in [7, 11) is 0. The molecule has 128 valence electrons. The summed E-state index contributed by atoms with van der Waals surface area (Å²) in [6.07, 6.45) is 6.08. The van der Waals surface area contributed by atoms with Gasteiger partial charge in [-0.1, -0.05) is 57.0 Å². The number of hydrogen-bond donors (Lipinski definition) is 1. The molecule has 1 N–H and O–H groups in total. The van der Waals surface area contributed by atoms with Gasteiger partial charge < -0.3 is 4.74 Å². The fourth-order valence-electron chi connectivity index (χ4n) is 2.71. The summed E-state index contributed by atoms with van der Waals surface area (Å²) in [6.45, 7) is 4.37. The van der Waals surface area contributed by atoms with Gasteiger partial charge in [0.1, 0.15) is 5.75 Å². The van der Waals surface area contributed by atoms with Crippen molar-refractivity contribution in [3.8, 4) is 5.75 Å². The van der Waals surface area contributed by atoms with E-state index in [-0.39, 0.29) is 0 Å². The summed E-state index contributed by atoms with van der Waals surface area (Å²) >= 11 is 0. The van der Waals surface area contributed by atoms with Gasteiger partial charge in [-0.2, -0.15) is 0 Å². The standard InChI is InChI=1S/C21H27NO2/c1-3-5-11-17-12-10-16-20(19(17)15-6-4-2)24-21(23)22-18-13-8-7-9-14-18/h7-10,12-14,16H,3-6,11,15H2,1-2H3,(H,22,23). The number of aryl methyl sites for hydroxylation is 1. The van der Waals surface area contributed by atoms with Crippen LogP contribution in [-0.2, 0) is 12.8 Å². The molecule has 0 saturated carbocycles. The van der Waals surface area contributed by atoms with Crippen LogP contribution in [-0.4, -0.2) is 6.09 Å². The second-order valence-corrected chi connectivity index (χ2v) is 5.98. The first-order valence-corrected chi connectivity index (χ1v) is 8.89. The lowest BCUT2D eigenvalue weighted by molar-refractivity contribution is 0.214. The van der Waals surface area contributed by atoms with Gasteiger partial charge in [0.15, 0.2) is 0 Å². The van der Waals surface area contributed by atoms with Gasteiger partial charge in [0.05, 0.1) is 0 Å². The average molecular weight is 325 g/mol. The number of carbonyl (C=O) groups excluding carboxylic acids is 1. The number of hydrogen-bond acceptors (Lipinski definition) is 2. The summed E-state index contributed by atoms with van der Waals surface area (Å²) in [5.74, 6) is 0.686. The van der Waals surface area contributed by atoms with E-state index in [2.05, 4.69) is 25.2 Å². The Morgan fingerprint density at radius 3 is 2.33 bits per heavy atom. The molecule has 3 heteroatoms. The van der Waals surface area contributed by atoms with Gasteiger partial charge in [0.25, 0.3) is 0 Å². The van der Waals surface area contributed by atoms with E-state index >= 15 is 0 Å². The van der Waals surface area contributed by atoms with Gasteiger partial charge in [-0.15, -0.1) is 0 Å². The van der Waals surface area contributed by atoms with Crippen LogP contribution in [0.5, 0.6) is 5.75 Å². The zero-order chi connectivity index (χ0) is 17.2. The van der Waals surface area contributed by atoms with Gasteiger partial charge in [-0.3, -0.25) is 5.32 Å². The van der Waals surface area contributed by atoms with E-state index in [1.807, 2.05) is 42.5 Å². The number of rotatable bonds is 8. The minimum Gasteiger partial charge on any atom is -0.410 e. The molecule has 0 radical (unpaired) electrons. The Labute approximate surface area is 145 Å². The number of nitrogens with one attached hydrogen (secondary N) is 1. The van der Waals surface area contributed by atoms with Crippen LogP contribution in [0.3, 0.4) is 0 Å². The molecule has 0 spiro atoms. The van der Waals surface area contributed by atoms with Crippen molar-refractivity contribution in [3.63, 3.8) is 0 Å². The molecule has 0 aliphatic heterocycles. The van der Waals surface area contributed by atoms with Crippen LogP contribution in [0.1, 0.15) is 50.7 Å². The lowest BCUT2D eigenvalue weighted by Crippen LogP contribution is -2.17. The Morgan fingerprint density at radius 2 is 1.62 bits per heavy atom. The highest BCUT2D eigenvalue weighted by Crippen LogP contribution is 2.26. The summed E-state index contributed by atoms with van der Waals surface area (Å²) < 4.78 is 5.62. The second-order valence-electron chi connectivity index (χ2n) is 5.98. The molecule has 0 aliphatic rings. The SMILES string of the molecule is CCCCc1cccc(OC(=O)Nc2ccccc2)c1CCCC. The number of para-hydroxylation sites is 1. The van der Waals surface area contributed by atoms with E-state index in [9.17, 15) is 4.79 Å². The van der Waals surface area contributed by atoms with Gasteiger partial charge in [-0.05, 0) is 55.0 Å².